The lowest BCUT2D eigenvalue weighted by molar-refractivity contribution is -0.137. The second kappa shape index (κ2) is 5.21. The largest absolute Gasteiger partial charge is 0.416 e. The fourth-order valence-corrected chi connectivity index (χ4v) is 2.10. The number of nitrogens with one attached hydrogen (secondary N) is 1. The molecule has 0 aromatic heterocycles. The minimum Gasteiger partial charge on any atom is -0.349 e. The van der Waals surface area contributed by atoms with Gasteiger partial charge in [-0.3, -0.25) is 4.55 Å². The minimum atomic E-state index is -4.50. The van der Waals surface area contributed by atoms with Gasteiger partial charge in [0, 0.05) is 5.69 Å². The van der Waals surface area contributed by atoms with Crippen molar-refractivity contribution in [2.24, 2.45) is 0 Å². The van der Waals surface area contributed by atoms with Crippen molar-refractivity contribution in [1.82, 2.24) is 0 Å². The van der Waals surface area contributed by atoms with Gasteiger partial charge in [0.15, 0.2) is 0 Å². The average molecular weight is 299 g/mol. The highest BCUT2D eigenvalue weighted by Crippen LogP contribution is 2.30. The van der Waals surface area contributed by atoms with Crippen LogP contribution in [-0.2, 0) is 16.3 Å². The first kappa shape index (κ1) is 14.9. The summed E-state index contributed by atoms with van der Waals surface area (Å²) in [6.45, 7) is 0. The number of thiocarbonyl (C=S) groups is 1. The molecular weight excluding hydrogens is 291 g/mol. The quantitative estimate of drug-likeness (QED) is 0.662. The molecule has 1 aromatic carbocycles. The Balaban J connectivity index is 2.83. The van der Waals surface area contributed by atoms with Crippen LogP contribution in [-0.4, -0.2) is 23.7 Å². The summed E-state index contributed by atoms with van der Waals surface area (Å²) in [5.41, 5.74) is -0.888. The summed E-state index contributed by atoms with van der Waals surface area (Å²) in [4.78, 5) is -0.295. The van der Waals surface area contributed by atoms with E-state index in [0.29, 0.717) is 0 Å². The SMILES string of the molecule is O=S(=O)(O)CC(=S)Nc1cccc(C(F)(F)F)c1. The summed E-state index contributed by atoms with van der Waals surface area (Å²) in [5, 5.41) is 2.30. The molecule has 2 N–H and O–H groups in total. The van der Waals surface area contributed by atoms with Gasteiger partial charge >= 0.3 is 6.18 Å². The molecule has 0 bridgehead atoms. The lowest BCUT2D eigenvalue weighted by Crippen LogP contribution is -2.20. The van der Waals surface area contributed by atoms with Crippen molar-refractivity contribution in [1.29, 1.82) is 0 Å². The third kappa shape index (κ3) is 4.98. The minimum absolute atomic E-state index is 0.00141. The fourth-order valence-electron chi connectivity index (χ4n) is 1.14. The smallest absolute Gasteiger partial charge is 0.349 e. The number of hydrogen-bond acceptors (Lipinski definition) is 3. The van der Waals surface area contributed by atoms with Crippen molar-refractivity contribution in [3.63, 3.8) is 0 Å². The van der Waals surface area contributed by atoms with Crippen LogP contribution in [0.25, 0.3) is 0 Å². The van der Waals surface area contributed by atoms with Gasteiger partial charge in [-0.2, -0.15) is 21.6 Å². The highest BCUT2D eigenvalue weighted by Gasteiger charge is 2.30. The number of alkyl halides is 3. The third-order valence-electron chi connectivity index (χ3n) is 1.79. The molecule has 1 aromatic rings. The molecule has 0 heterocycles. The van der Waals surface area contributed by atoms with Gasteiger partial charge in [-0.1, -0.05) is 18.3 Å². The zero-order chi connectivity index (χ0) is 14.0. The molecule has 0 radical (unpaired) electrons. The molecule has 4 nitrogen and oxygen atoms in total. The second-order valence-corrected chi connectivity index (χ2v) is 5.30. The first-order chi connectivity index (χ1) is 8.08. The van der Waals surface area contributed by atoms with E-state index in [0.717, 1.165) is 18.2 Å². The van der Waals surface area contributed by atoms with Gasteiger partial charge in [-0.15, -0.1) is 0 Å². The fraction of sp³-hybridized carbons (Fsp3) is 0.222. The normalized spacial score (nSPS) is 12.2. The van der Waals surface area contributed by atoms with Crippen LogP contribution in [0.4, 0.5) is 18.9 Å². The number of benzene rings is 1. The van der Waals surface area contributed by atoms with Gasteiger partial charge in [0.2, 0.25) is 0 Å². The zero-order valence-corrected chi connectivity index (χ0v) is 10.4. The van der Waals surface area contributed by atoms with Crippen molar-refractivity contribution in [3.8, 4) is 0 Å². The Morgan fingerprint density at radius 1 is 1.39 bits per heavy atom. The Morgan fingerprint density at radius 2 is 2.00 bits per heavy atom. The monoisotopic (exact) mass is 299 g/mol. The molecule has 0 aliphatic rings. The van der Waals surface area contributed by atoms with E-state index in [2.05, 4.69) is 17.5 Å². The Kier molecular flexibility index (Phi) is 4.30. The first-order valence-electron chi connectivity index (χ1n) is 4.50. The summed E-state index contributed by atoms with van der Waals surface area (Å²) < 4.78 is 66.7. The summed E-state index contributed by atoms with van der Waals surface area (Å²) in [5.74, 6) is -0.849. The standard InChI is InChI=1S/C9H8F3NO3S2/c10-9(11,12)6-2-1-3-7(4-6)13-8(17)5-18(14,15)16/h1-4H,5H2,(H,13,17)(H,14,15,16). The molecule has 0 saturated carbocycles. The van der Waals surface area contributed by atoms with Crippen molar-refractivity contribution in [3.05, 3.63) is 29.8 Å². The maximum atomic E-state index is 12.4. The number of anilines is 1. The van der Waals surface area contributed by atoms with Crippen LogP contribution in [0.2, 0.25) is 0 Å². The second-order valence-electron chi connectivity index (χ2n) is 3.35. The summed E-state index contributed by atoms with van der Waals surface area (Å²) >= 11 is 4.59. The Morgan fingerprint density at radius 3 is 2.50 bits per heavy atom. The molecule has 0 fully saturated rings. The van der Waals surface area contributed by atoms with Crippen molar-refractivity contribution >= 4 is 33.0 Å². The summed E-state index contributed by atoms with van der Waals surface area (Å²) in [6, 6.07) is 4.11. The molecule has 18 heavy (non-hydrogen) atoms. The lowest BCUT2D eigenvalue weighted by atomic mass is 10.2. The van der Waals surface area contributed by atoms with E-state index >= 15 is 0 Å². The van der Waals surface area contributed by atoms with Crippen LogP contribution in [0.3, 0.4) is 0 Å². The topological polar surface area (TPSA) is 66.4 Å². The van der Waals surface area contributed by atoms with Crippen LogP contribution >= 0.6 is 12.2 Å². The van der Waals surface area contributed by atoms with Gasteiger partial charge in [0.25, 0.3) is 10.1 Å². The van der Waals surface area contributed by atoms with Crippen molar-refractivity contribution in [2.75, 3.05) is 11.1 Å². The lowest BCUT2D eigenvalue weighted by Gasteiger charge is -2.10. The molecule has 0 amide bonds. The molecule has 0 unspecified atom stereocenters. The number of hydrogen-bond donors (Lipinski definition) is 2. The van der Waals surface area contributed by atoms with E-state index in [4.69, 9.17) is 4.55 Å². The van der Waals surface area contributed by atoms with Crippen LogP contribution < -0.4 is 5.32 Å². The van der Waals surface area contributed by atoms with Gasteiger partial charge in [0.05, 0.1) is 10.6 Å². The molecular formula is C9H8F3NO3S2. The molecule has 100 valence electrons. The highest BCUT2D eigenvalue weighted by molar-refractivity contribution is 7.89. The Hall–Kier alpha value is -1.19. The highest BCUT2D eigenvalue weighted by atomic mass is 32.2. The maximum Gasteiger partial charge on any atom is 0.416 e. The van der Waals surface area contributed by atoms with Crippen LogP contribution in [0.1, 0.15) is 5.56 Å². The molecule has 0 spiro atoms. The zero-order valence-electron chi connectivity index (χ0n) is 8.73. The number of halogens is 3. The van der Waals surface area contributed by atoms with E-state index in [-0.39, 0.29) is 10.7 Å². The maximum absolute atomic E-state index is 12.4. The van der Waals surface area contributed by atoms with Gasteiger partial charge in [-0.25, -0.2) is 0 Å². The summed E-state index contributed by atoms with van der Waals surface area (Å²) in [7, 11) is -4.31. The Bertz CT molecular complexity index is 554. The van der Waals surface area contributed by atoms with Crippen molar-refractivity contribution < 1.29 is 26.1 Å². The van der Waals surface area contributed by atoms with Crippen molar-refractivity contribution in [2.45, 2.75) is 6.18 Å². The molecule has 0 aliphatic carbocycles. The molecule has 0 saturated heterocycles. The van der Waals surface area contributed by atoms with Gasteiger partial charge in [0.1, 0.15) is 5.75 Å². The van der Waals surface area contributed by atoms with E-state index < -0.39 is 27.6 Å². The molecule has 0 atom stereocenters. The predicted molar refractivity (Wildman–Crippen MR) is 64.1 cm³/mol. The molecule has 9 heteroatoms. The first-order valence-corrected chi connectivity index (χ1v) is 6.52. The van der Waals surface area contributed by atoms with E-state index in [9.17, 15) is 21.6 Å². The van der Waals surface area contributed by atoms with E-state index in [1.54, 1.807) is 0 Å². The summed E-state index contributed by atoms with van der Waals surface area (Å²) in [6.07, 6.45) is -4.50. The van der Waals surface area contributed by atoms with Crippen LogP contribution in [0.5, 0.6) is 0 Å². The van der Waals surface area contributed by atoms with Gasteiger partial charge < -0.3 is 5.32 Å². The predicted octanol–water partition coefficient (Wildman–Crippen LogP) is 2.33. The van der Waals surface area contributed by atoms with Crippen LogP contribution in [0.15, 0.2) is 24.3 Å². The van der Waals surface area contributed by atoms with E-state index in [1.807, 2.05) is 0 Å². The third-order valence-corrected chi connectivity index (χ3v) is 2.87. The molecule has 0 aliphatic heterocycles. The van der Waals surface area contributed by atoms with E-state index in [1.165, 1.54) is 6.07 Å². The average Bonchev–Trinajstić information content (AvgIpc) is 2.13. The van der Waals surface area contributed by atoms with Crippen LogP contribution in [0, 0.1) is 0 Å². The Labute approximate surface area is 107 Å². The molecule has 1 rings (SSSR count). The number of rotatable bonds is 3. The van der Waals surface area contributed by atoms with Gasteiger partial charge in [-0.05, 0) is 18.2 Å².